The predicted octanol–water partition coefficient (Wildman–Crippen LogP) is 2.18. The molecule has 0 aromatic heterocycles. The molecule has 1 aliphatic rings. The molecule has 4 heteroatoms. The number of carbonyl (C=O) groups excluding carboxylic acids is 1. The van der Waals surface area contributed by atoms with E-state index < -0.39 is 5.41 Å². The van der Waals surface area contributed by atoms with Crippen LogP contribution in [0.2, 0.25) is 0 Å². The fraction of sp³-hybridized carbons (Fsp3) is 0.533. The molecule has 1 saturated heterocycles. The second-order valence-corrected chi connectivity index (χ2v) is 5.04. The van der Waals surface area contributed by atoms with E-state index >= 15 is 0 Å². The van der Waals surface area contributed by atoms with Crippen molar-refractivity contribution in [2.24, 2.45) is 0 Å². The molecule has 0 saturated carbocycles. The van der Waals surface area contributed by atoms with Gasteiger partial charge in [-0.05, 0) is 38.0 Å². The van der Waals surface area contributed by atoms with E-state index in [2.05, 4.69) is 0 Å². The Morgan fingerprint density at radius 2 is 1.84 bits per heavy atom. The van der Waals surface area contributed by atoms with E-state index in [-0.39, 0.29) is 5.78 Å². The lowest BCUT2D eigenvalue weighted by Gasteiger charge is -2.40. The van der Waals surface area contributed by atoms with Gasteiger partial charge in [-0.2, -0.15) is 0 Å². The van der Waals surface area contributed by atoms with Crippen LogP contribution in [-0.2, 0) is 14.9 Å². The summed E-state index contributed by atoms with van der Waals surface area (Å²) >= 11 is 0. The van der Waals surface area contributed by atoms with Crippen molar-refractivity contribution < 1.29 is 19.0 Å². The first kappa shape index (κ1) is 13.9. The van der Waals surface area contributed by atoms with Crippen molar-refractivity contribution >= 4 is 5.78 Å². The fourth-order valence-corrected chi connectivity index (χ4v) is 2.55. The molecule has 0 aliphatic carbocycles. The summed E-state index contributed by atoms with van der Waals surface area (Å²) < 4.78 is 16.2. The summed E-state index contributed by atoms with van der Waals surface area (Å²) in [4.78, 5) is 12.0. The number of methoxy groups -OCH3 is 2. The van der Waals surface area contributed by atoms with Gasteiger partial charge in [0.15, 0.2) is 0 Å². The van der Waals surface area contributed by atoms with Gasteiger partial charge in [-0.25, -0.2) is 0 Å². The lowest BCUT2D eigenvalue weighted by Crippen LogP contribution is -2.52. The third kappa shape index (κ3) is 1.91. The van der Waals surface area contributed by atoms with E-state index in [0.29, 0.717) is 13.2 Å². The molecule has 0 unspecified atom stereocenters. The van der Waals surface area contributed by atoms with Gasteiger partial charge in [0, 0.05) is 5.56 Å². The fourth-order valence-electron chi connectivity index (χ4n) is 2.55. The summed E-state index contributed by atoms with van der Waals surface area (Å²) in [5.74, 6) is 1.64. The van der Waals surface area contributed by atoms with Gasteiger partial charge >= 0.3 is 0 Å². The quantitative estimate of drug-likeness (QED) is 0.836. The van der Waals surface area contributed by atoms with E-state index in [4.69, 9.17) is 14.2 Å². The van der Waals surface area contributed by atoms with E-state index in [1.807, 2.05) is 19.9 Å². The Morgan fingerprint density at radius 3 is 2.21 bits per heavy atom. The van der Waals surface area contributed by atoms with Gasteiger partial charge in [0.05, 0.1) is 27.4 Å². The molecule has 2 rings (SSSR count). The molecule has 0 atom stereocenters. The third-order valence-electron chi connectivity index (χ3n) is 4.10. The standard InChI is InChI=1S/C15H20O4/c1-9-10(2)14(18-5)12(6-13(9)17-4)15(11(3)16)7-19-8-15/h6H,7-8H2,1-5H3. The number of benzene rings is 1. The topological polar surface area (TPSA) is 44.8 Å². The molecule has 0 radical (unpaired) electrons. The minimum absolute atomic E-state index is 0.0994. The lowest BCUT2D eigenvalue weighted by atomic mass is 9.74. The van der Waals surface area contributed by atoms with Crippen molar-refractivity contribution in [2.75, 3.05) is 27.4 Å². The number of Topliss-reactive ketones (excluding diaryl/α,β-unsaturated/α-hetero) is 1. The zero-order chi connectivity index (χ0) is 14.2. The lowest BCUT2D eigenvalue weighted by molar-refractivity contribution is -0.140. The minimum Gasteiger partial charge on any atom is -0.496 e. The highest BCUT2D eigenvalue weighted by molar-refractivity contribution is 5.90. The van der Waals surface area contributed by atoms with Crippen molar-refractivity contribution in [3.05, 3.63) is 22.8 Å². The Bertz CT molecular complexity index is 515. The SMILES string of the molecule is COc1cc(C2(C(C)=O)COC2)c(OC)c(C)c1C. The van der Waals surface area contributed by atoms with Gasteiger partial charge in [-0.15, -0.1) is 0 Å². The van der Waals surface area contributed by atoms with Gasteiger partial charge in [0.1, 0.15) is 22.7 Å². The van der Waals surface area contributed by atoms with Gasteiger partial charge < -0.3 is 14.2 Å². The summed E-state index contributed by atoms with van der Waals surface area (Å²) in [7, 11) is 3.26. The molecule has 1 aromatic rings. The second kappa shape index (κ2) is 4.85. The van der Waals surface area contributed by atoms with Crippen LogP contribution in [0.1, 0.15) is 23.6 Å². The Labute approximate surface area is 113 Å². The molecular weight excluding hydrogens is 244 g/mol. The summed E-state index contributed by atoms with van der Waals surface area (Å²) in [6.07, 6.45) is 0. The monoisotopic (exact) mass is 264 g/mol. The molecular formula is C15H20O4. The van der Waals surface area contributed by atoms with E-state index in [1.165, 1.54) is 0 Å². The number of carbonyl (C=O) groups is 1. The molecule has 0 amide bonds. The molecule has 1 fully saturated rings. The number of ether oxygens (including phenoxy) is 3. The highest BCUT2D eigenvalue weighted by atomic mass is 16.5. The molecule has 1 heterocycles. The first-order valence-electron chi connectivity index (χ1n) is 6.29. The minimum atomic E-state index is -0.586. The molecule has 0 spiro atoms. The van der Waals surface area contributed by atoms with Crippen molar-refractivity contribution in [2.45, 2.75) is 26.2 Å². The maximum absolute atomic E-state index is 12.0. The zero-order valence-electron chi connectivity index (χ0n) is 12.1. The van der Waals surface area contributed by atoms with E-state index in [0.717, 1.165) is 28.2 Å². The molecule has 19 heavy (non-hydrogen) atoms. The summed E-state index contributed by atoms with van der Waals surface area (Å²) in [6, 6.07) is 1.91. The maximum atomic E-state index is 12.0. The normalized spacial score (nSPS) is 16.7. The van der Waals surface area contributed by atoms with Gasteiger partial charge in [0.2, 0.25) is 0 Å². The van der Waals surface area contributed by atoms with Crippen LogP contribution in [0.5, 0.6) is 11.5 Å². The van der Waals surface area contributed by atoms with Gasteiger partial charge in [-0.3, -0.25) is 4.79 Å². The van der Waals surface area contributed by atoms with Crippen LogP contribution in [0, 0.1) is 13.8 Å². The third-order valence-corrected chi connectivity index (χ3v) is 4.10. The Hall–Kier alpha value is -1.55. The second-order valence-electron chi connectivity index (χ2n) is 5.04. The van der Waals surface area contributed by atoms with Crippen LogP contribution in [0.15, 0.2) is 6.07 Å². The van der Waals surface area contributed by atoms with Crippen LogP contribution in [0.4, 0.5) is 0 Å². The average molecular weight is 264 g/mol. The van der Waals surface area contributed by atoms with Crippen molar-refractivity contribution in [1.29, 1.82) is 0 Å². The summed E-state index contributed by atoms with van der Waals surface area (Å²) in [5.41, 5.74) is 2.32. The highest BCUT2D eigenvalue weighted by Crippen LogP contribution is 2.44. The van der Waals surface area contributed by atoms with Crippen molar-refractivity contribution in [1.82, 2.24) is 0 Å². The first-order valence-corrected chi connectivity index (χ1v) is 6.29. The molecule has 1 aliphatic heterocycles. The summed E-state index contributed by atoms with van der Waals surface area (Å²) in [5, 5.41) is 0. The molecule has 4 nitrogen and oxygen atoms in total. The first-order chi connectivity index (χ1) is 8.97. The average Bonchev–Trinajstić information content (AvgIpc) is 2.31. The van der Waals surface area contributed by atoms with E-state index in [9.17, 15) is 4.79 Å². The maximum Gasteiger partial charge on any atom is 0.145 e. The number of ketones is 1. The largest absolute Gasteiger partial charge is 0.496 e. The Morgan fingerprint density at radius 1 is 1.21 bits per heavy atom. The van der Waals surface area contributed by atoms with Gasteiger partial charge in [0.25, 0.3) is 0 Å². The Balaban J connectivity index is 2.68. The van der Waals surface area contributed by atoms with Crippen LogP contribution in [0.25, 0.3) is 0 Å². The van der Waals surface area contributed by atoms with Crippen LogP contribution < -0.4 is 9.47 Å². The molecule has 0 bridgehead atoms. The van der Waals surface area contributed by atoms with Crippen LogP contribution in [-0.4, -0.2) is 33.2 Å². The summed E-state index contributed by atoms with van der Waals surface area (Å²) in [6.45, 7) is 6.38. The van der Waals surface area contributed by atoms with Crippen LogP contribution >= 0.6 is 0 Å². The number of hydrogen-bond donors (Lipinski definition) is 0. The Kier molecular flexibility index (Phi) is 3.54. The molecule has 104 valence electrons. The zero-order valence-corrected chi connectivity index (χ0v) is 12.1. The van der Waals surface area contributed by atoms with Gasteiger partial charge in [-0.1, -0.05) is 0 Å². The van der Waals surface area contributed by atoms with Crippen molar-refractivity contribution in [3.8, 4) is 11.5 Å². The smallest absolute Gasteiger partial charge is 0.145 e. The van der Waals surface area contributed by atoms with E-state index in [1.54, 1.807) is 21.1 Å². The van der Waals surface area contributed by atoms with Crippen LogP contribution in [0.3, 0.4) is 0 Å². The predicted molar refractivity (Wildman–Crippen MR) is 72.2 cm³/mol. The number of rotatable bonds is 4. The number of hydrogen-bond acceptors (Lipinski definition) is 4. The van der Waals surface area contributed by atoms with Crippen molar-refractivity contribution in [3.63, 3.8) is 0 Å². The highest BCUT2D eigenvalue weighted by Gasteiger charge is 2.47. The molecule has 1 aromatic carbocycles. The molecule has 0 N–H and O–H groups in total.